The number of ether oxygens (including phenoxy) is 1. The van der Waals surface area contributed by atoms with Crippen molar-refractivity contribution in [3.8, 4) is 0 Å². The average molecular weight is 363 g/mol. The van der Waals surface area contributed by atoms with E-state index < -0.39 is 5.97 Å². The minimum Gasteiger partial charge on any atom is -0.481 e. The molecular formula is C21H33NO4. The molecule has 1 N–H and O–H groups in total. The van der Waals surface area contributed by atoms with E-state index in [1.54, 1.807) is 0 Å². The number of piperidine rings is 1. The van der Waals surface area contributed by atoms with Gasteiger partial charge in [-0.3, -0.25) is 9.59 Å². The lowest BCUT2D eigenvalue weighted by molar-refractivity contribution is -0.146. The highest BCUT2D eigenvalue weighted by molar-refractivity contribution is 5.79. The first-order chi connectivity index (χ1) is 12.6. The molecule has 0 bridgehead atoms. The van der Waals surface area contributed by atoms with Gasteiger partial charge in [-0.1, -0.05) is 25.7 Å². The van der Waals surface area contributed by atoms with E-state index >= 15 is 0 Å². The number of hydrogen-bond acceptors (Lipinski definition) is 3. The minimum atomic E-state index is -0.727. The molecule has 0 radical (unpaired) electrons. The Labute approximate surface area is 156 Å². The highest BCUT2D eigenvalue weighted by atomic mass is 16.5. The number of carbonyl (C=O) groups is 2. The first kappa shape index (κ1) is 18.3. The van der Waals surface area contributed by atoms with Crippen molar-refractivity contribution in [3.05, 3.63) is 0 Å². The summed E-state index contributed by atoms with van der Waals surface area (Å²) in [5.41, 5.74) is 0. The highest BCUT2D eigenvalue weighted by Gasteiger charge is 2.42. The van der Waals surface area contributed by atoms with E-state index in [0.29, 0.717) is 18.9 Å². The van der Waals surface area contributed by atoms with Crippen molar-refractivity contribution in [1.82, 2.24) is 4.90 Å². The third-order valence-corrected chi connectivity index (χ3v) is 7.66. The zero-order chi connectivity index (χ0) is 18.1. The Morgan fingerprint density at radius 2 is 1.58 bits per heavy atom. The zero-order valence-corrected chi connectivity index (χ0v) is 15.8. The maximum Gasteiger partial charge on any atom is 0.309 e. The van der Waals surface area contributed by atoms with Gasteiger partial charge in [-0.2, -0.15) is 0 Å². The van der Waals surface area contributed by atoms with Crippen LogP contribution in [0.2, 0.25) is 0 Å². The van der Waals surface area contributed by atoms with Crippen molar-refractivity contribution in [2.45, 2.75) is 70.3 Å². The third-order valence-electron chi connectivity index (χ3n) is 7.66. The monoisotopic (exact) mass is 363 g/mol. The maximum atomic E-state index is 13.0. The summed E-state index contributed by atoms with van der Waals surface area (Å²) in [6, 6.07) is 0. The molecule has 146 valence electrons. The quantitative estimate of drug-likeness (QED) is 0.835. The van der Waals surface area contributed by atoms with Crippen LogP contribution in [0.25, 0.3) is 0 Å². The van der Waals surface area contributed by atoms with Gasteiger partial charge in [0.1, 0.15) is 0 Å². The van der Waals surface area contributed by atoms with Crippen LogP contribution >= 0.6 is 0 Å². The van der Waals surface area contributed by atoms with Crippen LogP contribution < -0.4 is 0 Å². The summed E-state index contributed by atoms with van der Waals surface area (Å²) >= 11 is 0. The van der Waals surface area contributed by atoms with Crippen molar-refractivity contribution in [3.63, 3.8) is 0 Å². The van der Waals surface area contributed by atoms with E-state index in [0.717, 1.165) is 50.6 Å². The lowest BCUT2D eigenvalue weighted by atomic mass is 9.67. The van der Waals surface area contributed by atoms with Crippen LogP contribution in [-0.2, 0) is 14.3 Å². The lowest BCUT2D eigenvalue weighted by Crippen LogP contribution is -2.46. The molecule has 0 spiro atoms. The molecule has 4 rings (SSSR count). The molecule has 2 saturated heterocycles. The topological polar surface area (TPSA) is 66.8 Å². The minimum absolute atomic E-state index is 0.151. The Morgan fingerprint density at radius 1 is 0.846 bits per heavy atom. The van der Waals surface area contributed by atoms with Crippen molar-refractivity contribution in [2.24, 2.45) is 29.6 Å². The van der Waals surface area contributed by atoms with Gasteiger partial charge in [-0.25, -0.2) is 0 Å². The summed E-state index contributed by atoms with van der Waals surface area (Å²) in [5, 5.41) is 9.37. The second-order valence-corrected chi connectivity index (χ2v) is 9.05. The number of carboxylic acid groups (broad SMARTS) is 1. The van der Waals surface area contributed by atoms with Gasteiger partial charge in [0, 0.05) is 25.6 Å². The van der Waals surface area contributed by atoms with Crippen molar-refractivity contribution in [2.75, 3.05) is 19.7 Å². The fourth-order valence-corrected chi connectivity index (χ4v) is 6.14. The molecule has 2 aliphatic heterocycles. The third kappa shape index (κ3) is 3.64. The molecule has 0 aromatic rings. The SMILES string of the molecule is O=C(O)C1CCO[C@H]1C1CCN(C(=O)C2CCC3CCCCC3C2)CC1. The van der Waals surface area contributed by atoms with Crippen molar-refractivity contribution in [1.29, 1.82) is 0 Å². The van der Waals surface area contributed by atoms with Crippen LogP contribution in [0, 0.1) is 29.6 Å². The normalized spacial score (nSPS) is 38.8. The summed E-state index contributed by atoms with van der Waals surface area (Å²) in [5.74, 6) is 1.48. The molecule has 5 heteroatoms. The summed E-state index contributed by atoms with van der Waals surface area (Å²) < 4.78 is 5.75. The molecule has 1 amide bonds. The van der Waals surface area contributed by atoms with Crippen LogP contribution in [0.3, 0.4) is 0 Å². The van der Waals surface area contributed by atoms with E-state index in [-0.39, 0.29) is 23.9 Å². The Kier molecular flexibility index (Phi) is 5.53. The second-order valence-electron chi connectivity index (χ2n) is 9.05. The first-order valence-electron chi connectivity index (χ1n) is 10.8. The Bertz CT molecular complexity index is 528. The van der Waals surface area contributed by atoms with E-state index in [4.69, 9.17) is 4.74 Å². The predicted molar refractivity (Wildman–Crippen MR) is 97.6 cm³/mol. The number of aliphatic carboxylic acids is 1. The highest BCUT2D eigenvalue weighted by Crippen LogP contribution is 2.43. The van der Waals surface area contributed by atoms with Gasteiger partial charge in [0.2, 0.25) is 5.91 Å². The van der Waals surface area contributed by atoms with Gasteiger partial charge in [0.25, 0.3) is 0 Å². The zero-order valence-electron chi connectivity index (χ0n) is 15.8. The van der Waals surface area contributed by atoms with Gasteiger partial charge in [-0.15, -0.1) is 0 Å². The van der Waals surface area contributed by atoms with E-state index in [9.17, 15) is 14.7 Å². The molecule has 2 heterocycles. The largest absolute Gasteiger partial charge is 0.481 e. The van der Waals surface area contributed by atoms with Gasteiger partial charge in [0.15, 0.2) is 0 Å². The fraction of sp³-hybridized carbons (Fsp3) is 0.905. The number of amides is 1. The van der Waals surface area contributed by atoms with Crippen LogP contribution in [0.1, 0.15) is 64.2 Å². The number of nitrogens with zero attached hydrogens (tertiary/aromatic N) is 1. The van der Waals surface area contributed by atoms with Crippen LogP contribution in [0.4, 0.5) is 0 Å². The van der Waals surface area contributed by atoms with Crippen LogP contribution in [0.5, 0.6) is 0 Å². The molecule has 5 nitrogen and oxygen atoms in total. The van der Waals surface area contributed by atoms with E-state index in [1.165, 1.54) is 32.1 Å². The van der Waals surface area contributed by atoms with Gasteiger partial charge < -0.3 is 14.7 Å². The van der Waals surface area contributed by atoms with Crippen molar-refractivity contribution < 1.29 is 19.4 Å². The van der Waals surface area contributed by atoms with Crippen LogP contribution in [-0.4, -0.2) is 47.7 Å². The Hall–Kier alpha value is -1.10. The molecule has 4 aliphatic rings. The van der Waals surface area contributed by atoms with Gasteiger partial charge in [-0.05, 0) is 56.3 Å². The van der Waals surface area contributed by atoms with Crippen LogP contribution in [0.15, 0.2) is 0 Å². The number of carbonyl (C=O) groups excluding carboxylic acids is 1. The molecule has 0 aromatic heterocycles. The molecule has 4 unspecified atom stereocenters. The maximum absolute atomic E-state index is 13.0. The Balaban J connectivity index is 1.29. The molecule has 4 fully saturated rings. The van der Waals surface area contributed by atoms with Gasteiger partial charge >= 0.3 is 5.97 Å². The molecular weight excluding hydrogens is 330 g/mol. The molecule has 26 heavy (non-hydrogen) atoms. The average Bonchev–Trinajstić information content (AvgIpc) is 3.17. The molecule has 0 aromatic carbocycles. The fourth-order valence-electron chi connectivity index (χ4n) is 6.14. The van der Waals surface area contributed by atoms with Gasteiger partial charge in [0.05, 0.1) is 12.0 Å². The number of carboxylic acids is 1. The first-order valence-corrected chi connectivity index (χ1v) is 10.8. The Morgan fingerprint density at radius 3 is 2.31 bits per heavy atom. The summed E-state index contributed by atoms with van der Waals surface area (Å²) in [7, 11) is 0. The lowest BCUT2D eigenvalue weighted by Gasteiger charge is -2.42. The summed E-state index contributed by atoms with van der Waals surface area (Å²) in [6.45, 7) is 2.12. The number of hydrogen-bond donors (Lipinski definition) is 1. The van der Waals surface area contributed by atoms with E-state index in [2.05, 4.69) is 4.90 Å². The smallest absolute Gasteiger partial charge is 0.309 e. The standard InChI is InChI=1S/C21H33NO4/c23-20(17-6-5-14-3-1-2-4-16(14)13-17)22-10-7-15(8-11-22)19-18(21(24)25)9-12-26-19/h14-19H,1-13H2,(H,24,25)/t14?,16?,17?,18?,19-/m0/s1. The van der Waals surface area contributed by atoms with Crippen molar-refractivity contribution >= 4 is 11.9 Å². The predicted octanol–water partition coefficient (Wildman–Crippen LogP) is 3.32. The van der Waals surface area contributed by atoms with E-state index in [1.807, 2.05) is 0 Å². The number of rotatable bonds is 3. The second kappa shape index (κ2) is 7.87. The number of fused-ring (bicyclic) bond motifs is 1. The molecule has 2 saturated carbocycles. The number of likely N-dealkylation sites (tertiary alicyclic amines) is 1. The summed E-state index contributed by atoms with van der Waals surface area (Å²) in [6.07, 6.45) is 11.1. The summed E-state index contributed by atoms with van der Waals surface area (Å²) in [4.78, 5) is 26.5. The molecule has 5 atom stereocenters. The molecule has 2 aliphatic carbocycles.